The fraction of sp³-hybridized carbons (Fsp3) is 0.516. The van der Waals surface area contributed by atoms with E-state index in [0.29, 0.717) is 6.42 Å². The van der Waals surface area contributed by atoms with Gasteiger partial charge in [-0.15, -0.1) is 0 Å². The van der Waals surface area contributed by atoms with Gasteiger partial charge in [-0.1, -0.05) is 95.9 Å². The molecule has 1 amide bonds. The van der Waals surface area contributed by atoms with Crippen molar-refractivity contribution in [3.8, 4) is 0 Å². The minimum Gasteiger partial charge on any atom is -0.445 e. The minimum atomic E-state index is -0.855. The van der Waals surface area contributed by atoms with Gasteiger partial charge in [0.1, 0.15) is 6.10 Å². The average molecular weight is 513 g/mol. The zero-order valence-electron chi connectivity index (χ0n) is 23.2. The quantitative estimate of drug-likeness (QED) is 0.127. The molecule has 0 fully saturated rings. The van der Waals surface area contributed by atoms with Crippen molar-refractivity contribution in [3.05, 3.63) is 78.9 Å². The Morgan fingerprint density at radius 3 is 2.24 bits per heavy atom. The van der Waals surface area contributed by atoms with Crippen molar-refractivity contribution < 1.29 is 19.7 Å². The van der Waals surface area contributed by atoms with Gasteiger partial charge in [0.15, 0.2) is 0 Å². The fourth-order valence-corrected chi connectivity index (χ4v) is 4.57. The van der Waals surface area contributed by atoms with Crippen molar-refractivity contribution >= 4 is 11.8 Å². The first-order valence-electron chi connectivity index (χ1n) is 13.3. The van der Waals surface area contributed by atoms with Crippen LogP contribution < -0.4 is 11.5 Å². The SMILES string of the molecule is C=C/C=C\[C@H](C)[C@H](OC(N)=O)[C@@H](C)[C@H](O)[C@@H](C)C/C=C\[C@H](C)[C@@H](O)[C@@H](C)/C=C\CCc1cccc(N)c1. The summed E-state index contributed by atoms with van der Waals surface area (Å²) < 4.78 is 5.34. The number of allylic oxidation sites excluding steroid dienone is 4. The number of ether oxygens (including phenoxy) is 1. The van der Waals surface area contributed by atoms with Gasteiger partial charge in [0.2, 0.25) is 0 Å². The van der Waals surface area contributed by atoms with Crippen LogP contribution >= 0.6 is 0 Å². The van der Waals surface area contributed by atoms with E-state index in [0.717, 1.165) is 18.5 Å². The highest BCUT2D eigenvalue weighted by Gasteiger charge is 2.33. The van der Waals surface area contributed by atoms with Gasteiger partial charge >= 0.3 is 6.09 Å². The van der Waals surface area contributed by atoms with Crippen LogP contribution in [-0.2, 0) is 11.2 Å². The summed E-state index contributed by atoms with van der Waals surface area (Å²) in [6.45, 7) is 13.4. The first kappa shape index (κ1) is 32.2. The van der Waals surface area contributed by atoms with E-state index in [1.165, 1.54) is 5.56 Å². The van der Waals surface area contributed by atoms with Crippen LogP contribution in [0.15, 0.2) is 73.4 Å². The summed E-state index contributed by atoms with van der Waals surface area (Å²) in [6.07, 6.45) is 13.3. The highest BCUT2D eigenvalue weighted by molar-refractivity contribution is 5.64. The lowest BCUT2D eigenvalue weighted by Crippen LogP contribution is -2.41. The molecule has 0 aliphatic rings. The summed E-state index contributed by atoms with van der Waals surface area (Å²) >= 11 is 0. The molecule has 1 rings (SSSR count). The van der Waals surface area contributed by atoms with Crippen molar-refractivity contribution in [2.45, 2.75) is 72.2 Å². The highest BCUT2D eigenvalue weighted by Crippen LogP contribution is 2.27. The Bertz CT molecular complexity index is 910. The zero-order chi connectivity index (χ0) is 28.0. The topological polar surface area (TPSA) is 119 Å². The molecule has 0 aromatic heterocycles. The smallest absolute Gasteiger partial charge is 0.404 e. The number of aryl methyl sites for hydroxylation is 1. The predicted octanol–water partition coefficient (Wildman–Crippen LogP) is 5.81. The Morgan fingerprint density at radius 2 is 1.65 bits per heavy atom. The number of aliphatic hydroxyl groups is 2. The summed E-state index contributed by atoms with van der Waals surface area (Å²) in [5, 5.41) is 21.7. The Hall–Kier alpha value is -2.83. The van der Waals surface area contributed by atoms with Gasteiger partial charge in [-0.2, -0.15) is 0 Å². The fourth-order valence-electron chi connectivity index (χ4n) is 4.57. The number of carbonyl (C=O) groups excluding carboxylic acids is 1. The molecule has 0 saturated heterocycles. The van der Waals surface area contributed by atoms with E-state index in [-0.39, 0.29) is 29.6 Å². The summed E-state index contributed by atoms with van der Waals surface area (Å²) in [5.74, 6) is -0.547. The maximum absolute atomic E-state index is 11.4. The van der Waals surface area contributed by atoms with Crippen LogP contribution in [0.1, 0.15) is 53.0 Å². The number of nitrogen functional groups attached to an aromatic ring is 1. The number of carbonyl (C=O) groups is 1. The second kappa shape index (κ2) is 16.8. The third-order valence-electron chi connectivity index (χ3n) is 6.98. The molecule has 6 N–H and O–H groups in total. The number of hydrogen-bond acceptors (Lipinski definition) is 5. The van der Waals surface area contributed by atoms with Gasteiger partial charge in [0.25, 0.3) is 0 Å². The molecule has 0 aliphatic heterocycles. The molecule has 206 valence electrons. The van der Waals surface area contributed by atoms with Crippen molar-refractivity contribution in [2.75, 3.05) is 5.73 Å². The predicted molar refractivity (Wildman–Crippen MR) is 154 cm³/mol. The Balaban J connectivity index is 2.60. The normalized spacial score (nSPS) is 18.8. The van der Waals surface area contributed by atoms with E-state index in [9.17, 15) is 15.0 Å². The summed E-state index contributed by atoms with van der Waals surface area (Å²) in [7, 11) is 0. The molecule has 8 atom stereocenters. The van der Waals surface area contributed by atoms with E-state index in [1.807, 2.05) is 71.0 Å². The number of anilines is 1. The molecule has 0 bridgehead atoms. The number of benzene rings is 1. The third-order valence-corrected chi connectivity index (χ3v) is 6.98. The average Bonchev–Trinajstić information content (AvgIpc) is 2.86. The van der Waals surface area contributed by atoms with E-state index in [4.69, 9.17) is 16.2 Å². The molecule has 0 unspecified atom stereocenters. The third kappa shape index (κ3) is 11.8. The lowest BCUT2D eigenvalue weighted by Gasteiger charge is -2.33. The van der Waals surface area contributed by atoms with Crippen molar-refractivity contribution in [1.29, 1.82) is 0 Å². The Kier molecular flexibility index (Phi) is 14.6. The van der Waals surface area contributed by atoms with Crippen LogP contribution in [-0.4, -0.2) is 34.6 Å². The largest absolute Gasteiger partial charge is 0.445 e. The highest BCUT2D eigenvalue weighted by atomic mass is 16.6. The summed E-state index contributed by atoms with van der Waals surface area (Å²) in [4.78, 5) is 11.4. The van der Waals surface area contributed by atoms with Gasteiger partial charge in [-0.3, -0.25) is 0 Å². The lowest BCUT2D eigenvalue weighted by atomic mass is 9.82. The van der Waals surface area contributed by atoms with Crippen LogP contribution in [0.2, 0.25) is 0 Å². The van der Waals surface area contributed by atoms with Gasteiger partial charge in [-0.05, 0) is 42.9 Å². The molecule has 1 aromatic carbocycles. The molecule has 0 heterocycles. The minimum absolute atomic E-state index is 0.0142. The number of nitrogens with two attached hydrogens (primary N) is 2. The molecule has 0 aliphatic carbocycles. The molecular formula is C31H48N2O4. The maximum atomic E-state index is 11.4. The van der Waals surface area contributed by atoms with Crippen LogP contribution in [0.4, 0.5) is 10.5 Å². The summed E-state index contributed by atoms with van der Waals surface area (Å²) in [6, 6.07) is 7.90. The molecule has 37 heavy (non-hydrogen) atoms. The van der Waals surface area contributed by atoms with Gasteiger partial charge < -0.3 is 26.4 Å². The first-order chi connectivity index (χ1) is 17.5. The van der Waals surface area contributed by atoms with Gasteiger partial charge in [0.05, 0.1) is 12.2 Å². The van der Waals surface area contributed by atoms with E-state index in [2.05, 4.69) is 24.8 Å². The molecule has 6 nitrogen and oxygen atoms in total. The van der Waals surface area contributed by atoms with Crippen molar-refractivity contribution in [3.63, 3.8) is 0 Å². The van der Waals surface area contributed by atoms with Crippen LogP contribution in [0.3, 0.4) is 0 Å². The number of rotatable bonds is 16. The van der Waals surface area contributed by atoms with Gasteiger partial charge in [-0.25, -0.2) is 4.79 Å². The molecule has 6 heteroatoms. The van der Waals surface area contributed by atoms with E-state index in [1.54, 1.807) is 12.2 Å². The molecule has 0 radical (unpaired) electrons. The molecular weight excluding hydrogens is 464 g/mol. The Morgan fingerprint density at radius 1 is 1.00 bits per heavy atom. The lowest BCUT2D eigenvalue weighted by molar-refractivity contribution is -0.0261. The molecule has 1 aromatic rings. The molecule has 0 spiro atoms. The Labute approximate surface area is 223 Å². The number of aliphatic hydroxyl groups excluding tert-OH is 2. The zero-order valence-corrected chi connectivity index (χ0v) is 23.2. The molecule has 0 saturated carbocycles. The number of hydrogen-bond donors (Lipinski definition) is 4. The first-order valence-corrected chi connectivity index (χ1v) is 13.3. The standard InChI is InChI=1S/C31H48N2O4/c1-7-8-13-24(5)30(37-31(33)36)25(6)29(35)23(4)16-11-15-22(3)28(34)21(2)14-9-10-17-26-18-12-19-27(32)20-26/h7-9,11-15,18-25,28-30,34-35H,1,10,16-17,32H2,2-6H3,(H2,33,36)/b13-8-,14-9-,15-11-/t21-,22-,23-,24-,25-,28-,29+,30-/m0/s1. The van der Waals surface area contributed by atoms with E-state index < -0.39 is 24.4 Å². The van der Waals surface area contributed by atoms with Crippen LogP contribution in [0.5, 0.6) is 0 Å². The van der Waals surface area contributed by atoms with Crippen molar-refractivity contribution in [2.24, 2.45) is 35.3 Å². The summed E-state index contributed by atoms with van der Waals surface area (Å²) in [5.41, 5.74) is 13.1. The van der Waals surface area contributed by atoms with Crippen molar-refractivity contribution in [1.82, 2.24) is 0 Å². The second-order valence-corrected chi connectivity index (χ2v) is 10.3. The number of primary amides is 1. The maximum Gasteiger partial charge on any atom is 0.404 e. The second-order valence-electron chi connectivity index (χ2n) is 10.3. The van der Waals surface area contributed by atoms with Crippen LogP contribution in [0.25, 0.3) is 0 Å². The monoisotopic (exact) mass is 512 g/mol. The number of amides is 1. The van der Waals surface area contributed by atoms with Gasteiger partial charge in [0, 0.05) is 29.4 Å². The van der Waals surface area contributed by atoms with Crippen LogP contribution in [0, 0.1) is 29.6 Å². The van der Waals surface area contributed by atoms with E-state index >= 15 is 0 Å².